The van der Waals surface area contributed by atoms with Gasteiger partial charge in [0.25, 0.3) is 0 Å². The van der Waals surface area contributed by atoms with Crippen molar-refractivity contribution in [2.24, 2.45) is 0 Å². The maximum absolute atomic E-state index is 13.1. The van der Waals surface area contributed by atoms with E-state index in [0.717, 1.165) is 27.4 Å². The second-order valence-electron chi connectivity index (χ2n) is 8.90. The molecule has 7 nitrogen and oxygen atoms in total. The van der Waals surface area contributed by atoms with Crippen molar-refractivity contribution in [1.82, 2.24) is 19.6 Å². The number of rotatable bonds is 8. The van der Waals surface area contributed by atoms with Crippen LogP contribution in [0, 0.1) is 0 Å². The number of esters is 1. The standard InChI is InChI=1S/C26H27N5O2S/c1-26(2,3)33-25(32)22(15-20-16-28-31-34-20)30-24-21(14-18-10-6-4-7-11-18)29-23(17-27-24)19-12-8-5-9-13-19/h4-13,16-17,22H,14-15H2,1-3H3,(H,27,30). The minimum atomic E-state index is -0.659. The summed E-state index contributed by atoms with van der Waals surface area (Å²) < 4.78 is 9.60. The lowest BCUT2D eigenvalue weighted by atomic mass is 10.1. The molecule has 2 aromatic carbocycles. The highest BCUT2D eigenvalue weighted by atomic mass is 32.1. The molecule has 1 unspecified atom stereocenters. The van der Waals surface area contributed by atoms with Gasteiger partial charge in [0.05, 0.1) is 23.8 Å². The number of carbonyl (C=O) groups excluding carboxylic acids is 1. The van der Waals surface area contributed by atoms with E-state index in [9.17, 15) is 4.79 Å². The van der Waals surface area contributed by atoms with E-state index in [0.29, 0.717) is 18.7 Å². The van der Waals surface area contributed by atoms with Gasteiger partial charge in [-0.15, -0.1) is 5.10 Å². The quantitative estimate of drug-likeness (QED) is 0.362. The second-order valence-corrected chi connectivity index (χ2v) is 9.77. The van der Waals surface area contributed by atoms with Crippen LogP contribution in [-0.4, -0.2) is 37.2 Å². The molecule has 0 aliphatic heterocycles. The molecule has 4 rings (SSSR count). The van der Waals surface area contributed by atoms with Crippen molar-refractivity contribution in [2.45, 2.75) is 45.3 Å². The molecule has 34 heavy (non-hydrogen) atoms. The molecule has 2 heterocycles. The van der Waals surface area contributed by atoms with Crippen molar-refractivity contribution in [3.63, 3.8) is 0 Å². The Labute approximate surface area is 203 Å². The molecule has 8 heteroatoms. The highest BCUT2D eigenvalue weighted by Gasteiger charge is 2.27. The fraction of sp³-hybridized carbons (Fsp3) is 0.269. The molecular formula is C26H27N5O2S. The van der Waals surface area contributed by atoms with Gasteiger partial charge in [-0.2, -0.15) is 0 Å². The topological polar surface area (TPSA) is 89.9 Å². The number of hydrogen-bond acceptors (Lipinski definition) is 8. The fourth-order valence-corrected chi connectivity index (χ4v) is 3.95. The summed E-state index contributed by atoms with van der Waals surface area (Å²) in [4.78, 5) is 23.6. The van der Waals surface area contributed by atoms with Crippen molar-refractivity contribution in [2.75, 3.05) is 5.32 Å². The van der Waals surface area contributed by atoms with E-state index < -0.39 is 11.6 Å². The Bertz CT molecular complexity index is 1210. The summed E-state index contributed by atoms with van der Waals surface area (Å²) in [6.45, 7) is 5.56. The zero-order valence-electron chi connectivity index (χ0n) is 19.4. The third-order valence-electron chi connectivity index (χ3n) is 4.94. The summed E-state index contributed by atoms with van der Waals surface area (Å²) in [6, 6.07) is 19.3. The minimum absolute atomic E-state index is 0.361. The Morgan fingerprint density at radius 2 is 1.74 bits per heavy atom. The Kier molecular flexibility index (Phi) is 7.27. The molecule has 0 amide bonds. The Balaban J connectivity index is 1.68. The van der Waals surface area contributed by atoms with Gasteiger partial charge in [-0.1, -0.05) is 65.2 Å². The van der Waals surface area contributed by atoms with Crippen LogP contribution < -0.4 is 5.32 Å². The number of benzene rings is 2. The number of aromatic nitrogens is 4. The summed E-state index contributed by atoms with van der Waals surface area (Å²) >= 11 is 1.26. The molecule has 1 N–H and O–H groups in total. The lowest BCUT2D eigenvalue weighted by Crippen LogP contribution is -2.38. The summed E-state index contributed by atoms with van der Waals surface area (Å²) in [6.07, 6.45) is 4.35. The first-order valence-corrected chi connectivity index (χ1v) is 11.9. The van der Waals surface area contributed by atoms with Crippen molar-refractivity contribution < 1.29 is 9.53 Å². The van der Waals surface area contributed by atoms with E-state index in [2.05, 4.69) is 32.0 Å². The van der Waals surface area contributed by atoms with Crippen LogP contribution in [0.3, 0.4) is 0 Å². The van der Waals surface area contributed by atoms with E-state index >= 15 is 0 Å². The van der Waals surface area contributed by atoms with E-state index in [1.165, 1.54) is 11.5 Å². The smallest absolute Gasteiger partial charge is 0.329 e. The molecule has 4 aromatic rings. The average Bonchev–Trinajstić information content (AvgIpc) is 3.33. The zero-order chi connectivity index (χ0) is 24.0. The average molecular weight is 474 g/mol. The van der Waals surface area contributed by atoms with Gasteiger partial charge in [-0.25, -0.2) is 14.8 Å². The molecule has 0 saturated carbocycles. The third-order valence-corrected chi connectivity index (χ3v) is 5.63. The van der Waals surface area contributed by atoms with Gasteiger partial charge >= 0.3 is 5.97 Å². The van der Waals surface area contributed by atoms with Crippen molar-refractivity contribution in [3.8, 4) is 11.3 Å². The highest BCUT2D eigenvalue weighted by Crippen LogP contribution is 2.23. The second kappa shape index (κ2) is 10.5. The van der Waals surface area contributed by atoms with E-state index in [4.69, 9.17) is 9.72 Å². The largest absolute Gasteiger partial charge is 0.458 e. The summed E-state index contributed by atoms with van der Waals surface area (Å²) in [5.74, 6) is 0.192. The maximum atomic E-state index is 13.1. The third kappa shape index (κ3) is 6.45. The van der Waals surface area contributed by atoms with Crippen molar-refractivity contribution >= 4 is 23.3 Å². The molecule has 0 bridgehead atoms. The van der Waals surface area contributed by atoms with Crippen LogP contribution in [0.5, 0.6) is 0 Å². The van der Waals surface area contributed by atoms with Crippen LogP contribution in [0.2, 0.25) is 0 Å². The van der Waals surface area contributed by atoms with Crippen molar-refractivity contribution in [1.29, 1.82) is 0 Å². The van der Waals surface area contributed by atoms with Crippen LogP contribution in [-0.2, 0) is 22.4 Å². The van der Waals surface area contributed by atoms with Crippen LogP contribution >= 0.6 is 11.5 Å². The maximum Gasteiger partial charge on any atom is 0.329 e. The monoisotopic (exact) mass is 473 g/mol. The van der Waals surface area contributed by atoms with Crippen LogP contribution in [0.15, 0.2) is 73.1 Å². The minimum Gasteiger partial charge on any atom is -0.458 e. The number of nitrogens with zero attached hydrogens (tertiary/aromatic N) is 4. The normalized spacial score (nSPS) is 12.2. The molecule has 0 radical (unpaired) electrons. The lowest BCUT2D eigenvalue weighted by Gasteiger charge is -2.25. The van der Waals surface area contributed by atoms with Crippen LogP contribution in [0.25, 0.3) is 11.3 Å². The number of ether oxygens (including phenoxy) is 1. The molecular weight excluding hydrogens is 446 g/mol. The molecule has 174 valence electrons. The highest BCUT2D eigenvalue weighted by molar-refractivity contribution is 7.05. The molecule has 0 aliphatic carbocycles. The first kappa shape index (κ1) is 23.5. The molecule has 0 saturated heterocycles. The van der Waals surface area contributed by atoms with E-state index in [1.54, 1.807) is 12.4 Å². The molecule has 2 aromatic heterocycles. The molecule has 0 spiro atoms. The van der Waals surface area contributed by atoms with Crippen LogP contribution in [0.4, 0.5) is 5.82 Å². The van der Waals surface area contributed by atoms with Gasteiger partial charge in [0.1, 0.15) is 17.5 Å². The van der Waals surface area contributed by atoms with E-state index in [1.807, 2.05) is 69.3 Å². The van der Waals surface area contributed by atoms with Gasteiger partial charge in [0.2, 0.25) is 0 Å². The fourth-order valence-electron chi connectivity index (χ4n) is 3.42. The number of nitrogens with one attached hydrogen (secondary N) is 1. The summed E-state index contributed by atoms with van der Waals surface area (Å²) in [5, 5.41) is 7.21. The predicted octanol–water partition coefficient (Wildman–Crippen LogP) is 4.95. The first-order valence-electron chi connectivity index (χ1n) is 11.1. The molecule has 0 aliphatic rings. The van der Waals surface area contributed by atoms with Gasteiger partial charge < -0.3 is 10.1 Å². The Morgan fingerprint density at radius 3 is 2.38 bits per heavy atom. The zero-order valence-corrected chi connectivity index (χ0v) is 20.2. The van der Waals surface area contributed by atoms with Crippen molar-refractivity contribution in [3.05, 3.63) is 89.2 Å². The van der Waals surface area contributed by atoms with Gasteiger partial charge in [0, 0.05) is 23.3 Å². The molecule has 1 atom stereocenters. The summed E-state index contributed by atoms with van der Waals surface area (Å²) in [7, 11) is 0. The SMILES string of the molecule is CC(C)(C)OC(=O)C(Cc1cnns1)Nc1ncc(-c2ccccc2)nc1Cc1ccccc1. The molecule has 0 fully saturated rings. The number of carbonyl (C=O) groups is 1. The lowest BCUT2D eigenvalue weighted by molar-refractivity contribution is -0.155. The van der Waals surface area contributed by atoms with Gasteiger partial charge in [-0.3, -0.25) is 0 Å². The predicted molar refractivity (Wildman–Crippen MR) is 134 cm³/mol. The Hall–Kier alpha value is -3.65. The van der Waals surface area contributed by atoms with Gasteiger partial charge in [-0.05, 0) is 37.9 Å². The van der Waals surface area contributed by atoms with Gasteiger partial charge in [0.15, 0.2) is 0 Å². The first-order chi connectivity index (χ1) is 16.4. The number of anilines is 1. The van der Waals surface area contributed by atoms with Crippen LogP contribution in [0.1, 0.15) is 36.9 Å². The Morgan fingerprint density at radius 1 is 1.03 bits per heavy atom. The van der Waals surface area contributed by atoms with E-state index in [-0.39, 0.29) is 5.97 Å². The summed E-state index contributed by atoms with van der Waals surface area (Å²) in [5.41, 5.74) is 3.00. The number of hydrogen-bond donors (Lipinski definition) is 1.